The van der Waals surface area contributed by atoms with E-state index < -0.39 is 0 Å². The van der Waals surface area contributed by atoms with Crippen LogP contribution < -0.4 is 14.4 Å². The Morgan fingerprint density at radius 2 is 1.87 bits per heavy atom. The Bertz CT molecular complexity index is 1380. The van der Waals surface area contributed by atoms with Crippen LogP contribution in [0.25, 0.3) is 10.9 Å². The van der Waals surface area contributed by atoms with Gasteiger partial charge in [-0.25, -0.2) is 4.98 Å². The first-order chi connectivity index (χ1) is 18.6. The quantitative estimate of drug-likeness (QED) is 0.312. The molecule has 0 bridgehead atoms. The monoisotopic (exact) mass is 519 g/mol. The molecule has 1 aromatic carbocycles. The zero-order valence-electron chi connectivity index (χ0n) is 22.1. The summed E-state index contributed by atoms with van der Waals surface area (Å²) in [5.41, 5.74) is 2.56. The van der Waals surface area contributed by atoms with E-state index in [0.29, 0.717) is 69.6 Å². The lowest BCUT2D eigenvalue weighted by molar-refractivity contribution is -0.133. The SMILES string of the molecule is COc1ccc(OC)c2nc(N3CCOCC3)c(CN(Cc3ccco3)C(=O)CCn3ccc(C)n3)cc12. The summed E-state index contributed by atoms with van der Waals surface area (Å²) in [6, 6.07) is 11.4. The summed E-state index contributed by atoms with van der Waals surface area (Å²) in [6.07, 6.45) is 3.83. The number of hydrogen-bond acceptors (Lipinski definition) is 8. The van der Waals surface area contributed by atoms with Gasteiger partial charge < -0.3 is 28.4 Å². The average Bonchev–Trinajstić information content (AvgIpc) is 3.62. The molecule has 1 aliphatic rings. The Morgan fingerprint density at radius 1 is 1.08 bits per heavy atom. The lowest BCUT2D eigenvalue weighted by atomic mass is 10.1. The number of hydrogen-bond donors (Lipinski definition) is 0. The van der Waals surface area contributed by atoms with Gasteiger partial charge in [-0.3, -0.25) is 9.48 Å². The molecule has 0 spiro atoms. The molecule has 1 fully saturated rings. The van der Waals surface area contributed by atoms with E-state index in [1.807, 2.05) is 48.4 Å². The van der Waals surface area contributed by atoms with Crippen molar-refractivity contribution in [1.29, 1.82) is 0 Å². The number of morpholine rings is 1. The van der Waals surface area contributed by atoms with Crippen LogP contribution in [0.15, 0.2) is 53.3 Å². The third-order valence-electron chi connectivity index (χ3n) is 6.68. The number of anilines is 1. The van der Waals surface area contributed by atoms with E-state index in [0.717, 1.165) is 28.0 Å². The van der Waals surface area contributed by atoms with Crippen molar-refractivity contribution in [1.82, 2.24) is 19.7 Å². The fraction of sp³-hybridized carbons (Fsp3) is 0.393. The number of pyridine rings is 1. The normalized spacial score (nSPS) is 13.6. The molecular weight excluding hydrogens is 486 g/mol. The maximum absolute atomic E-state index is 13.6. The summed E-state index contributed by atoms with van der Waals surface area (Å²) in [7, 11) is 3.27. The molecule has 10 nitrogen and oxygen atoms in total. The van der Waals surface area contributed by atoms with Crippen molar-refractivity contribution in [3.8, 4) is 11.5 Å². The third kappa shape index (κ3) is 5.60. The molecule has 4 aromatic rings. The molecule has 1 amide bonds. The number of ether oxygens (including phenoxy) is 3. The van der Waals surface area contributed by atoms with Gasteiger partial charge in [0.2, 0.25) is 5.91 Å². The Balaban J connectivity index is 1.52. The summed E-state index contributed by atoms with van der Waals surface area (Å²) in [4.78, 5) is 22.7. The number of aryl methyl sites for hydroxylation is 2. The number of rotatable bonds is 10. The summed E-state index contributed by atoms with van der Waals surface area (Å²) >= 11 is 0. The fourth-order valence-corrected chi connectivity index (χ4v) is 4.73. The summed E-state index contributed by atoms with van der Waals surface area (Å²) in [6.45, 7) is 5.79. The van der Waals surface area contributed by atoms with Crippen molar-refractivity contribution in [2.45, 2.75) is 33.0 Å². The van der Waals surface area contributed by atoms with Crippen LogP contribution in [-0.4, -0.2) is 66.1 Å². The predicted molar refractivity (Wildman–Crippen MR) is 142 cm³/mol. The highest BCUT2D eigenvalue weighted by Crippen LogP contribution is 2.36. The van der Waals surface area contributed by atoms with Crippen molar-refractivity contribution in [3.63, 3.8) is 0 Å². The Kier molecular flexibility index (Phi) is 7.78. The molecule has 200 valence electrons. The topological polar surface area (TPSA) is 95.1 Å². The van der Waals surface area contributed by atoms with Crippen LogP contribution in [0.1, 0.15) is 23.4 Å². The fourth-order valence-electron chi connectivity index (χ4n) is 4.73. The Hall–Kier alpha value is -4.05. The molecule has 4 heterocycles. The second-order valence-corrected chi connectivity index (χ2v) is 9.24. The number of nitrogens with zero attached hydrogens (tertiary/aromatic N) is 5. The lowest BCUT2D eigenvalue weighted by Gasteiger charge is -2.31. The number of furan rings is 1. The molecule has 5 rings (SSSR count). The third-order valence-corrected chi connectivity index (χ3v) is 6.68. The minimum atomic E-state index is 0.000171. The zero-order chi connectivity index (χ0) is 26.5. The highest BCUT2D eigenvalue weighted by atomic mass is 16.5. The Labute approximate surface area is 221 Å². The molecule has 0 N–H and O–H groups in total. The maximum atomic E-state index is 13.6. The van der Waals surface area contributed by atoms with Crippen LogP contribution in [0, 0.1) is 6.92 Å². The number of carbonyl (C=O) groups excluding carboxylic acids is 1. The largest absolute Gasteiger partial charge is 0.496 e. The van der Waals surface area contributed by atoms with Gasteiger partial charge in [-0.2, -0.15) is 5.10 Å². The second kappa shape index (κ2) is 11.6. The molecule has 1 aliphatic heterocycles. The van der Waals surface area contributed by atoms with E-state index in [9.17, 15) is 4.79 Å². The van der Waals surface area contributed by atoms with Crippen LogP contribution in [0.3, 0.4) is 0 Å². The van der Waals surface area contributed by atoms with Gasteiger partial charge in [0.25, 0.3) is 0 Å². The second-order valence-electron chi connectivity index (χ2n) is 9.24. The number of amides is 1. The van der Waals surface area contributed by atoms with Crippen molar-refractivity contribution in [2.75, 3.05) is 45.4 Å². The van der Waals surface area contributed by atoms with E-state index in [1.54, 1.807) is 25.2 Å². The maximum Gasteiger partial charge on any atom is 0.225 e. The first kappa shape index (κ1) is 25.6. The summed E-state index contributed by atoms with van der Waals surface area (Å²) in [5.74, 6) is 2.89. The average molecular weight is 520 g/mol. The van der Waals surface area contributed by atoms with Crippen LogP contribution in [-0.2, 0) is 29.2 Å². The molecule has 38 heavy (non-hydrogen) atoms. The van der Waals surface area contributed by atoms with Crippen molar-refractivity contribution >= 4 is 22.6 Å². The minimum Gasteiger partial charge on any atom is -0.496 e. The van der Waals surface area contributed by atoms with Crippen LogP contribution in [0.2, 0.25) is 0 Å². The smallest absolute Gasteiger partial charge is 0.225 e. The number of methoxy groups -OCH3 is 2. The molecule has 0 radical (unpaired) electrons. The Morgan fingerprint density at radius 3 is 2.55 bits per heavy atom. The van der Waals surface area contributed by atoms with Gasteiger partial charge in [0.1, 0.15) is 28.6 Å². The first-order valence-electron chi connectivity index (χ1n) is 12.7. The van der Waals surface area contributed by atoms with Gasteiger partial charge in [-0.05, 0) is 43.3 Å². The number of carbonyl (C=O) groups is 1. The van der Waals surface area contributed by atoms with Gasteiger partial charge in [0.05, 0.1) is 45.9 Å². The minimum absolute atomic E-state index is 0.000171. The van der Waals surface area contributed by atoms with Gasteiger partial charge in [0, 0.05) is 49.7 Å². The van der Waals surface area contributed by atoms with Gasteiger partial charge in [-0.15, -0.1) is 0 Å². The number of aromatic nitrogens is 3. The van der Waals surface area contributed by atoms with Gasteiger partial charge in [-0.1, -0.05) is 0 Å². The van der Waals surface area contributed by atoms with E-state index in [4.69, 9.17) is 23.6 Å². The first-order valence-corrected chi connectivity index (χ1v) is 12.7. The van der Waals surface area contributed by atoms with Crippen LogP contribution in [0.4, 0.5) is 5.82 Å². The van der Waals surface area contributed by atoms with Gasteiger partial charge in [0.15, 0.2) is 0 Å². The van der Waals surface area contributed by atoms with E-state index in [2.05, 4.69) is 16.1 Å². The van der Waals surface area contributed by atoms with Crippen molar-refractivity contribution in [3.05, 3.63) is 65.9 Å². The molecule has 0 saturated carbocycles. The van der Waals surface area contributed by atoms with E-state index >= 15 is 0 Å². The summed E-state index contributed by atoms with van der Waals surface area (Å²) in [5, 5.41) is 5.25. The van der Waals surface area contributed by atoms with Crippen LogP contribution >= 0.6 is 0 Å². The molecule has 0 unspecified atom stereocenters. The lowest BCUT2D eigenvalue weighted by Crippen LogP contribution is -2.38. The van der Waals surface area contributed by atoms with Crippen LogP contribution in [0.5, 0.6) is 11.5 Å². The molecular formula is C28H33N5O5. The van der Waals surface area contributed by atoms with E-state index in [1.165, 1.54) is 0 Å². The van der Waals surface area contributed by atoms with E-state index in [-0.39, 0.29) is 5.91 Å². The molecule has 10 heteroatoms. The van der Waals surface area contributed by atoms with Crippen molar-refractivity contribution < 1.29 is 23.4 Å². The molecule has 3 aromatic heterocycles. The molecule has 0 aliphatic carbocycles. The van der Waals surface area contributed by atoms with Crippen molar-refractivity contribution in [2.24, 2.45) is 0 Å². The molecule has 0 atom stereocenters. The predicted octanol–water partition coefficient (Wildman–Crippen LogP) is 3.81. The number of benzene rings is 1. The highest BCUT2D eigenvalue weighted by Gasteiger charge is 2.24. The summed E-state index contributed by atoms with van der Waals surface area (Å²) < 4.78 is 24.3. The van der Waals surface area contributed by atoms with Gasteiger partial charge >= 0.3 is 0 Å². The number of fused-ring (bicyclic) bond motifs is 1. The zero-order valence-corrected chi connectivity index (χ0v) is 22.1. The standard InChI is InChI=1S/C28H33N5O5/c1-20-8-10-33(30-20)11-9-26(34)32(19-22-5-4-14-38-22)18-21-17-23-24(35-2)6-7-25(36-3)27(23)29-28(21)31-12-15-37-16-13-31/h4-8,10,14,17H,9,11-13,15-16,18-19H2,1-3H3. The highest BCUT2D eigenvalue weighted by molar-refractivity contribution is 5.92. The molecule has 1 saturated heterocycles.